The van der Waals surface area contributed by atoms with Crippen LogP contribution in [0.1, 0.15) is 61.5 Å². The maximum atomic E-state index is 12.4. The first-order chi connectivity index (χ1) is 14.7. The summed E-state index contributed by atoms with van der Waals surface area (Å²) in [4.78, 5) is 24.5. The van der Waals surface area contributed by atoms with Crippen molar-refractivity contribution in [3.05, 3.63) is 57.6 Å². The molecule has 0 aliphatic heterocycles. The van der Waals surface area contributed by atoms with Crippen molar-refractivity contribution in [2.24, 2.45) is 5.92 Å². The van der Waals surface area contributed by atoms with E-state index in [0.29, 0.717) is 34.1 Å². The molecule has 31 heavy (non-hydrogen) atoms. The second-order valence-corrected chi connectivity index (χ2v) is 9.02. The molecule has 168 valence electrons. The van der Waals surface area contributed by atoms with Gasteiger partial charge in [0.25, 0.3) is 11.8 Å². The van der Waals surface area contributed by atoms with Crippen molar-refractivity contribution < 1.29 is 19.1 Å². The van der Waals surface area contributed by atoms with Gasteiger partial charge in [-0.3, -0.25) is 20.4 Å². The zero-order valence-corrected chi connectivity index (χ0v) is 20.3. The van der Waals surface area contributed by atoms with E-state index in [1.165, 1.54) is 0 Å². The number of aryl methyl sites for hydroxylation is 1. The third kappa shape index (κ3) is 7.90. The van der Waals surface area contributed by atoms with E-state index in [-0.39, 0.29) is 12.5 Å². The maximum absolute atomic E-state index is 12.4. The second kappa shape index (κ2) is 11.7. The van der Waals surface area contributed by atoms with Gasteiger partial charge < -0.3 is 9.47 Å². The first-order valence-electron chi connectivity index (χ1n) is 10.4. The lowest BCUT2D eigenvalue weighted by Crippen LogP contribution is -2.43. The molecule has 0 heterocycles. The van der Waals surface area contributed by atoms with E-state index in [0.717, 1.165) is 17.5 Å². The summed E-state index contributed by atoms with van der Waals surface area (Å²) in [5.74, 6) is 1.30. The molecule has 2 aromatic carbocycles. The van der Waals surface area contributed by atoms with Crippen molar-refractivity contribution in [1.82, 2.24) is 10.9 Å². The minimum Gasteiger partial charge on any atom is -0.492 e. The molecule has 0 unspecified atom stereocenters. The number of nitrogens with one attached hydrogen (secondary N) is 2. The predicted octanol–water partition coefficient (Wildman–Crippen LogP) is 5.15. The lowest BCUT2D eigenvalue weighted by molar-refractivity contribution is -0.123. The Balaban J connectivity index is 1.86. The number of hydrogen-bond acceptors (Lipinski definition) is 4. The lowest BCUT2D eigenvalue weighted by Gasteiger charge is -2.15. The molecule has 2 rings (SSSR count). The van der Waals surface area contributed by atoms with E-state index >= 15 is 0 Å². The van der Waals surface area contributed by atoms with Crippen LogP contribution in [0.5, 0.6) is 11.5 Å². The number of halogens is 1. The Kier molecular flexibility index (Phi) is 9.37. The van der Waals surface area contributed by atoms with Gasteiger partial charge in [-0.2, -0.15) is 0 Å². The molecule has 0 aliphatic carbocycles. The van der Waals surface area contributed by atoms with Gasteiger partial charge in [-0.25, -0.2) is 0 Å². The number of carbonyl (C=O) groups is 2. The SMILES string of the molecule is Cc1ccc(C(C)C)c(OCC(=O)NNC(=O)c2ccc(OCCC(C)C)c(Br)c2)c1. The van der Waals surface area contributed by atoms with E-state index in [2.05, 4.69) is 54.5 Å². The van der Waals surface area contributed by atoms with E-state index in [1.807, 2.05) is 25.1 Å². The quantitative estimate of drug-likeness (QED) is 0.476. The Hall–Kier alpha value is -2.54. The van der Waals surface area contributed by atoms with Gasteiger partial charge >= 0.3 is 0 Å². The van der Waals surface area contributed by atoms with E-state index in [1.54, 1.807) is 18.2 Å². The van der Waals surface area contributed by atoms with Crippen LogP contribution in [0, 0.1) is 12.8 Å². The molecule has 0 atom stereocenters. The zero-order chi connectivity index (χ0) is 23.0. The monoisotopic (exact) mass is 490 g/mol. The zero-order valence-electron chi connectivity index (χ0n) is 18.8. The molecule has 0 aliphatic rings. The van der Waals surface area contributed by atoms with Crippen LogP contribution in [0.4, 0.5) is 0 Å². The summed E-state index contributed by atoms with van der Waals surface area (Å²) >= 11 is 3.43. The van der Waals surface area contributed by atoms with Crippen LogP contribution in [0.25, 0.3) is 0 Å². The molecule has 0 saturated heterocycles. The lowest BCUT2D eigenvalue weighted by atomic mass is 10.0. The second-order valence-electron chi connectivity index (χ2n) is 8.16. The summed E-state index contributed by atoms with van der Waals surface area (Å²) in [6.07, 6.45) is 0.948. The minimum atomic E-state index is -0.447. The number of carbonyl (C=O) groups excluding carboxylic acids is 2. The standard InChI is InChI=1S/C24H31BrN2O4/c1-15(2)10-11-30-21-9-7-18(13-20(21)25)24(29)27-26-23(28)14-31-22-12-17(5)6-8-19(22)16(3)4/h6-9,12-13,15-16H,10-11,14H2,1-5H3,(H,26,28)(H,27,29). The summed E-state index contributed by atoms with van der Waals surface area (Å²) in [6.45, 7) is 10.8. The third-order valence-corrected chi connectivity index (χ3v) is 5.23. The Bertz CT molecular complexity index is 912. The molecule has 2 aromatic rings. The van der Waals surface area contributed by atoms with Crippen LogP contribution in [-0.4, -0.2) is 25.0 Å². The molecular formula is C24H31BrN2O4. The molecule has 0 radical (unpaired) electrons. The molecule has 0 bridgehead atoms. The number of hydrogen-bond donors (Lipinski definition) is 2. The van der Waals surface area contributed by atoms with Crippen molar-refractivity contribution >= 4 is 27.7 Å². The Morgan fingerprint density at radius 2 is 1.71 bits per heavy atom. The largest absolute Gasteiger partial charge is 0.492 e. The maximum Gasteiger partial charge on any atom is 0.276 e. The summed E-state index contributed by atoms with van der Waals surface area (Å²) in [7, 11) is 0. The van der Waals surface area contributed by atoms with Gasteiger partial charge in [-0.15, -0.1) is 0 Å². The fourth-order valence-electron chi connectivity index (χ4n) is 2.79. The van der Waals surface area contributed by atoms with Crippen molar-refractivity contribution in [2.45, 2.75) is 47.0 Å². The van der Waals surface area contributed by atoms with Gasteiger partial charge in [-0.05, 0) is 76.5 Å². The molecule has 0 fully saturated rings. The number of benzene rings is 2. The van der Waals surface area contributed by atoms with Crippen LogP contribution in [-0.2, 0) is 4.79 Å². The highest BCUT2D eigenvalue weighted by atomic mass is 79.9. The van der Waals surface area contributed by atoms with Gasteiger partial charge in [0.15, 0.2) is 6.61 Å². The summed E-state index contributed by atoms with van der Waals surface area (Å²) in [5, 5.41) is 0. The van der Waals surface area contributed by atoms with Gasteiger partial charge in [-0.1, -0.05) is 39.8 Å². The highest BCUT2D eigenvalue weighted by Crippen LogP contribution is 2.28. The van der Waals surface area contributed by atoms with Crippen LogP contribution >= 0.6 is 15.9 Å². The molecule has 2 amide bonds. The van der Waals surface area contributed by atoms with E-state index in [9.17, 15) is 9.59 Å². The van der Waals surface area contributed by atoms with E-state index < -0.39 is 11.8 Å². The number of ether oxygens (including phenoxy) is 2. The topological polar surface area (TPSA) is 76.7 Å². The minimum absolute atomic E-state index is 0.199. The number of rotatable bonds is 9. The van der Waals surface area contributed by atoms with Crippen molar-refractivity contribution in [2.75, 3.05) is 13.2 Å². The smallest absolute Gasteiger partial charge is 0.276 e. The fraction of sp³-hybridized carbons (Fsp3) is 0.417. The average molecular weight is 491 g/mol. The summed E-state index contributed by atoms with van der Waals surface area (Å²) < 4.78 is 12.1. The molecule has 0 saturated carbocycles. The van der Waals surface area contributed by atoms with E-state index in [4.69, 9.17) is 9.47 Å². The highest BCUT2D eigenvalue weighted by molar-refractivity contribution is 9.10. The third-order valence-electron chi connectivity index (χ3n) is 4.61. The van der Waals surface area contributed by atoms with Crippen molar-refractivity contribution in [3.63, 3.8) is 0 Å². The van der Waals surface area contributed by atoms with Crippen LogP contribution in [0.3, 0.4) is 0 Å². The van der Waals surface area contributed by atoms with Gasteiger partial charge in [0.05, 0.1) is 11.1 Å². The van der Waals surface area contributed by atoms with Crippen LogP contribution < -0.4 is 20.3 Å². The molecule has 0 aromatic heterocycles. The van der Waals surface area contributed by atoms with Crippen LogP contribution in [0.2, 0.25) is 0 Å². The van der Waals surface area contributed by atoms with Gasteiger partial charge in [0, 0.05) is 5.56 Å². The molecule has 0 spiro atoms. The highest BCUT2D eigenvalue weighted by Gasteiger charge is 2.13. The first kappa shape index (κ1) is 24.7. The van der Waals surface area contributed by atoms with Crippen molar-refractivity contribution in [1.29, 1.82) is 0 Å². The molecule has 7 heteroatoms. The normalized spacial score (nSPS) is 10.8. The summed E-state index contributed by atoms with van der Waals surface area (Å²) in [6, 6.07) is 11.0. The number of amides is 2. The number of hydrazine groups is 1. The average Bonchev–Trinajstić information content (AvgIpc) is 2.71. The Labute approximate surface area is 192 Å². The van der Waals surface area contributed by atoms with Gasteiger partial charge in [0.2, 0.25) is 0 Å². The fourth-order valence-corrected chi connectivity index (χ4v) is 3.28. The molecular weight excluding hydrogens is 460 g/mol. The van der Waals surface area contributed by atoms with Gasteiger partial charge in [0.1, 0.15) is 11.5 Å². The predicted molar refractivity (Wildman–Crippen MR) is 125 cm³/mol. The Morgan fingerprint density at radius 1 is 0.968 bits per heavy atom. The molecule has 6 nitrogen and oxygen atoms in total. The Morgan fingerprint density at radius 3 is 2.35 bits per heavy atom. The summed E-state index contributed by atoms with van der Waals surface area (Å²) in [5.41, 5.74) is 7.27. The van der Waals surface area contributed by atoms with Crippen molar-refractivity contribution in [3.8, 4) is 11.5 Å². The first-order valence-corrected chi connectivity index (χ1v) is 11.2. The molecule has 2 N–H and O–H groups in total. The van der Waals surface area contributed by atoms with Crippen LogP contribution in [0.15, 0.2) is 40.9 Å².